The van der Waals surface area contributed by atoms with Crippen molar-refractivity contribution >= 4 is 0 Å². The highest BCUT2D eigenvalue weighted by molar-refractivity contribution is 5.63. The summed E-state index contributed by atoms with van der Waals surface area (Å²) in [5.74, 6) is 0.768. The number of imidazole rings is 1. The van der Waals surface area contributed by atoms with Crippen molar-refractivity contribution in [3.05, 3.63) is 35.5 Å². The molecule has 5 heteroatoms. The number of likely N-dealkylation sites (N-methyl/N-ethyl adjacent to an activating group) is 1. The van der Waals surface area contributed by atoms with E-state index in [2.05, 4.69) is 15.3 Å². The molecule has 0 saturated carbocycles. The summed E-state index contributed by atoms with van der Waals surface area (Å²) in [4.78, 5) is 7.73. The molecule has 0 aliphatic carbocycles. The van der Waals surface area contributed by atoms with Gasteiger partial charge in [-0.15, -0.1) is 0 Å². The van der Waals surface area contributed by atoms with Crippen molar-refractivity contribution in [1.29, 1.82) is 0 Å². The second kappa shape index (κ2) is 5.84. The average Bonchev–Trinajstić information content (AvgIpc) is 2.77. The summed E-state index contributed by atoms with van der Waals surface area (Å²) in [6.07, 6.45) is 0.815. The van der Waals surface area contributed by atoms with Crippen LogP contribution in [0.3, 0.4) is 0 Å². The van der Waals surface area contributed by atoms with Crippen molar-refractivity contribution in [2.45, 2.75) is 13.3 Å². The van der Waals surface area contributed by atoms with Gasteiger partial charge in [0.1, 0.15) is 5.82 Å². The second-order valence-electron chi connectivity index (χ2n) is 4.36. The summed E-state index contributed by atoms with van der Waals surface area (Å²) in [5, 5.41) is 3.07. The van der Waals surface area contributed by atoms with Crippen LogP contribution in [0.15, 0.2) is 18.2 Å². The molecule has 0 spiro atoms. The van der Waals surface area contributed by atoms with E-state index < -0.39 is 0 Å². The largest absolute Gasteiger partial charge is 0.494 e. The lowest BCUT2D eigenvalue weighted by Gasteiger charge is -2.03. The van der Waals surface area contributed by atoms with E-state index in [4.69, 9.17) is 4.74 Å². The van der Waals surface area contributed by atoms with Crippen molar-refractivity contribution in [2.24, 2.45) is 0 Å². The van der Waals surface area contributed by atoms with Gasteiger partial charge in [0.2, 0.25) is 0 Å². The van der Waals surface area contributed by atoms with Gasteiger partial charge in [0.25, 0.3) is 0 Å². The zero-order chi connectivity index (χ0) is 13.8. The summed E-state index contributed by atoms with van der Waals surface area (Å²) in [7, 11) is 3.35. The number of hydrogen-bond acceptors (Lipinski definition) is 3. The monoisotopic (exact) mass is 263 g/mol. The first-order valence-electron chi connectivity index (χ1n) is 6.19. The zero-order valence-electron chi connectivity index (χ0n) is 11.4. The normalized spacial score (nSPS) is 10.7. The third kappa shape index (κ3) is 2.93. The number of nitrogens with zero attached hydrogens (tertiary/aromatic N) is 1. The van der Waals surface area contributed by atoms with E-state index >= 15 is 0 Å². The fourth-order valence-corrected chi connectivity index (χ4v) is 1.98. The number of ether oxygens (including phenoxy) is 1. The number of aromatic amines is 1. The van der Waals surface area contributed by atoms with Gasteiger partial charge in [-0.25, -0.2) is 9.37 Å². The van der Waals surface area contributed by atoms with Crippen LogP contribution in [0.4, 0.5) is 4.39 Å². The molecular formula is C14H18FN3O. The Morgan fingerprint density at radius 3 is 2.84 bits per heavy atom. The van der Waals surface area contributed by atoms with Crippen molar-refractivity contribution < 1.29 is 9.13 Å². The molecule has 19 heavy (non-hydrogen) atoms. The molecule has 0 bridgehead atoms. The van der Waals surface area contributed by atoms with Gasteiger partial charge in [-0.05, 0) is 32.2 Å². The minimum absolute atomic E-state index is 0.243. The van der Waals surface area contributed by atoms with Gasteiger partial charge in [-0.1, -0.05) is 0 Å². The lowest BCUT2D eigenvalue weighted by molar-refractivity contribution is 0.386. The molecule has 1 heterocycles. The number of aromatic nitrogens is 2. The maximum atomic E-state index is 13.7. The molecule has 1 aromatic carbocycles. The lowest BCUT2D eigenvalue weighted by Crippen LogP contribution is -2.11. The van der Waals surface area contributed by atoms with Crippen molar-refractivity contribution in [2.75, 3.05) is 20.7 Å². The van der Waals surface area contributed by atoms with E-state index in [9.17, 15) is 4.39 Å². The number of benzene rings is 1. The molecule has 2 rings (SSSR count). The molecule has 0 aliphatic heterocycles. The molecule has 0 atom stereocenters. The minimum Gasteiger partial charge on any atom is -0.494 e. The standard InChI is InChI=1S/C14H18FN3O/c1-9-14(18-13(17-9)6-7-16-2)10-4-5-12(19-3)11(15)8-10/h4-5,8,16H,6-7H2,1-3H3,(H,17,18). The van der Waals surface area contributed by atoms with Gasteiger partial charge in [0.05, 0.1) is 12.8 Å². The topological polar surface area (TPSA) is 49.9 Å². The molecule has 0 saturated heterocycles. The summed E-state index contributed by atoms with van der Waals surface area (Å²) in [6, 6.07) is 4.88. The van der Waals surface area contributed by atoms with Crippen LogP contribution in [-0.2, 0) is 6.42 Å². The van der Waals surface area contributed by atoms with Gasteiger partial charge in [-0.3, -0.25) is 0 Å². The highest BCUT2D eigenvalue weighted by Gasteiger charge is 2.11. The van der Waals surface area contributed by atoms with Crippen LogP contribution in [0.1, 0.15) is 11.5 Å². The van der Waals surface area contributed by atoms with Crippen LogP contribution in [0.2, 0.25) is 0 Å². The highest BCUT2D eigenvalue weighted by Crippen LogP contribution is 2.26. The molecule has 0 unspecified atom stereocenters. The van der Waals surface area contributed by atoms with Gasteiger partial charge < -0.3 is 15.0 Å². The molecule has 102 valence electrons. The number of rotatable bonds is 5. The molecule has 0 aliphatic rings. The number of halogens is 1. The Morgan fingerprint density at radius 2 is 2.21 bits per heavy atom. The Labute approximate surface area is 112 Å². The predicted molar refractivity (Wildman–Crippen MR) is 72.9 cm³/mol. The van der Waals surface area contributed by atoms with Gasteiger partial charge in [-0.2, -0.15) is 0 Å². The van der Waals surface area contributed by atoms with Gasteiger partial charge >= 0.3 is 0 Å². The third-order valence-corrected chi connectivity index (χ3v) is 2.97. The fraction of sp³-hybridized carbons (Fsp3) is 0.357. The minimum atomic E-state index is -0.376. The summed E-state index contributed by atoms with van der Waals surface area (Å²) in [6.45, 7) is 2.79. The van der Waals surface area contributed by atoms with E-state index in [0.717, 1.165) is 35.7 Å². The second-order valence-corrected chi connectivity index (χ2v) is 4.36. The van der Waals surface area contributed by atoms with Crippen LogP contribution in [0.25, 0.3) is 11.3 Å². The molecule has 0 radical (unpaired) electrons. The lowest BCUT2D eigenvalue weighted by atomic mass is 10.1. The quantitative estimate of drug-likeness (QED) is 0.870. The predicted octanol–water partition coefficient (Wildman–Crippen LogP) is 2.29. The Hall–Kier alpha value is -1.88. The molecule has 4 nitrogen and oxygen atoms in total. The van der Waals surface area contributed by atoms with Gasteiger partial charge in [0, 0.05) is 24.2 Å². The SMILES string of the molecule is CNCCc1nc(-c2ccc(OC)c(F)c2)c(C)[nH]1. The number of nitrogens with one attached hydrogen (secondary N) is 2. The third-order valence-electron chi connectivity index (χ3n) is 2.97. The molecule has 2 N–H and O–H groups in total. The van der Waals surface area contributed by atoms with Gasteiger partial charge in [0.15, 0.2) is 11.6 Å². The molecule has 0 amide bonds. The van der Waals surface area contributed by atoms with Crippen molar-refractivity contribution in [1.82, 2.24) is 15.3 Å². The average molecular weight is 263 g/mol. The molecular weight excluding hydrogens is 245 g/mol. The Bertz CT molecular complexity index is 566. The molecule has 1 aromatic heterocycles. The number of hydrogen-bond donors (Lipinski definition) is 2. The number of H-pyrrole nitrogens is 1. The summed E-state index contributed by atoms with van der Waals surface area (Å²) < 4.78 is 18.6. The fourth-order valence-electron chi connectivity index (χ4n) is 1.98. The zero-order valence-corrected chi connectivity index (χ0v) is 11.4. The van der Waals surface area contributed by atoms with Crippen molar-refractivity contribution in [3.63, 3.8) is 0 Å². The first-order valence-corrected chi connectivity index (χ1v) is 6.19. The Morgan fingerprint density at radius 1 is 1.42 bits per heavy atom. The summed E-state index contributed by atoms with van der Waals surface area (Å²) in [5.41, 5.74) is 2.48. The first-order chi connectivity index (χ1) is 9.15. The number of methoxy groups -OCH3 is 1. The smallest absolute Gasteiger partial charge is 0.165 e. The van der Waals surface area contributed by atoms with Crippen LogP contribution in [0.5, 0.6) is 5.75 Å². The van der Waals surface area contributed by atoms with Crippen LogP contribution in [0, 0.1) is 12.7 Å². The number of aryl methyl sites for hydroxylation is 1. The highest BCUT2D eigenvalue weighted by atomic mass is 19.1. The van der Waals surface area contributed by atoms with E-state index in [1.807, 2.05) is 20.0 Å². The summed E-state index contributed by atoms with van der Waals surface area (Å²) >= 11 is 0. The van der Waals surface area contributed by atoms with E-state index in [1.165, 1.54) is 13.2 Å². The van der Waals surface area contributed by atoms with Crippen LogP contribution < -0.4 is 10.1 Å². The van der Waals surface area contributed by atoms with Crippen LogP contribution in [-0.4, -0.2) is 30.7 Å². The maximum absolute atomic E-state index is 13.7. The first kappa shape index (κ1) is 13.5. The molecule has 2 aromatic rings. The van der Waals surface area contributed by atoms with E-state index in [0.29, 0.717) is 0 Å². The van der Waals surface area contributed by atoms with Crippen LogP contribution >= 0.6 is 0 Å². The van der Waals surface area contributed by atoms with E-state index in [1.54, 1.807) is 6.07 Å². The molecule has 0 fully saturated rings. The Balaban J connectivity index is 2.30. The maximum Gasteiger partial charge on any atom is 0.165 e. The Kier molecular flexibility index (Phi) is 4.16. The van der Waals surface area contributed by atoms with E-state index in [-0.39, 0.29) is 11.6 Å². The van der Waals surface area contributed by atoms with Crippen molar-refractivity contribution in [3.8, 4) is 17.0 Å².